The van der Waals surface area contributed by atoms with Crippen LogP contribution in [0.1, 0.15) is 89.5 Å². The number of methoxy groups -OCH3 is 1. The van der Waals surface area contributed by atoms with E-state index in [1.165, 1.54) is 25.5 Å². The molecule has 0 bridgehead atoms. The van der Waals surface area contributed by atoms with E-state index in [0.717, 1.165) is 62.0 Å². The molecule has 1 atom stereocenters. The summed E-state index contributed by atoms with van der Waals surface area (Å²) in [5.74, 6) is 2.27. The van der Waals surface area contributed by atoms with E-state index in [0.29, 0.717) is 54.4 Å². The van der Waals surface area contributed by atoms with Gasteiger partial charge in [0.2, 0.25) is 5.89 Å². The number of amides is 1. The predicted octanol–water partition coefficient (Wildman–Crippen LogP) is 5.31. The van der Waals surface area contributed by atoms with E-state index < -0.39 is 11.6 Å². The first-order valence-corrected chi connectivity index (χ1v) is 16.7. The van der Waals surface area contributed by atoms with E-state index >= 15 is 0 Å². The van der Waals surface area contributed by atoms with E-state index in [4.69, 9.17) is 14.0 Å². The van der Waals surface area contributed by atoms with Gasteiger partial charge in [0.05, 0.1) is 24.4 Å². The van der Waals surface area contributed by atoms with Gasteiger partial charge in [-0.05, 0) is 49.1 Å². The maximum Gasteiger partial charge on any atom is 0.269 e. The zero-order valence-corrected chi connectivity index (χ0v) is 27.2. The standard InChI is InChI=1S/C35H45N5O6/c1-4-25(41)8-6-5-7-9-27(37-33(43)28-20-35(46-38-28)14-16-40(17-15-35)22-23-10-11-23)34-36-21-31(45-34)26-18-24-12-13-32(42)39(2)29(24)19-30(26)44-3/h12-13,18-19,21,23,27H,4-11,14-17,20,22H2,1-3H3,(H,37,43)/t27-/m0/s1. The third-order valence-electron chi connectivity index (χ3n) is 9.76. The lowest BCUT2D eigenvalue weighted by atomic mass is 9.86. The van der Waals surface area contributed by atoms with Crippen LogP contribution in [0.25, 0.3) is 22.2 Å². The van der Waals surface area contributed by atoms with Crippen molar-refractivity contribution in [2.75, 3.05) is 26.7 Å². The van der Waals surface area contributed by atoms with E-state index in [-0.39, 0.29) is 17.2 Å². The van der Waals surface area contributed by atoms with Crippen molar-refractivity contribution in [2.24, 2.45) is 18.1 Å². The average molecular weight is 632 g/mol. The Hall–Kier alpha value is -3.99. The Morgan fingerprint density at radius 1 is 1.15 bits per heavy atom. The summed E-state index contributed by atoms with van der Waals surface area (Å²) in [6, 6.07) is 6.54. The van der Waals surface area contributed by atoms with Crippen molar-refractivity contribution in [3.8, 4) is 17.1 Å². The number of oxime groups is 1. The smallest absolute Gasteiger partial charge is 0.269 e. The number of ether oxygens (including phenoxy) is 1. The van der Waals surface area contributed by atoms with Crippen molar-refractivity contribution in [1.29, 1.82) is 0 Å². The monoisotopic (exact) mass is 631 g/mol. The van der Waals surface area contributed by atoms with Crippen LogP contribution < -0.4 is 15.6 Å². The van der Waals surface area contributed by atoms with Gasteiger partial charge in [-0.1, -0.05) is 24.9 Å². The van der Waals surface area contributed by atoms with Crippen molar-refractivity contribution in [3.05, 3.63) is 46.7 Å². The van der Waals surface area contributed by atoms with E-state index in [2.05, 4.69) is 20.4 Å². The highest BCUT2D eigenvalue weighted by atomic mass is 16.7. The number of hydrogen-bond donors (Lipinski definition) is 1. The second-order valence-corrected chi connectivity index (χ2v) is 13.2. The minimum Gasteiger partial charge on any atom is -0.496 e. The molecule has 3 aliphatic rings. The third kappa shape index (κ3) is 7.19. The quantitative estimate of drug-likeness (QED) is 0.237. The van der Waals surface area contributed by atoms with Crippen molar-refractivity contribution < 1.29 is 23.6 Å². The minimum atomic E-state index is -0.491. The lowest BCUT2D eigenvalue weighted by molar-refractivity contribution is -0.119. The number of pyridine rings is 1. The number of nitrogens with one attached hydrogen (secondary N) is 1. The molecule has 0 radical (unpaired) electrons. The first kappa shape index (κ1) is 32.0. The van der Waals surface area contributed by atoms with E-state index in [1.54, 1.807) is 31.0 Å². The van der Waals surface area contributed by atoms with Crippen LogP contribution in [-0.4, -0.2) is 64.2 Å². The molecule has 4 heterocycles. The number of carbonyl (C=O) groups is 2. The molecule has 11 heteroatoms. The van der Waals surface area contributed by atoms with E-state index in [9.17, 15) is 14.4 Å². The van der Waals surface area contributed by atoms with Gasteiger partial charge in [-0.25, -0.2) is 4.98 Å². The molecule has 1 saturated carbocycles. The van der Waals surface area contributed by atoms with Gasteiger partial charge >= 0.3 is 0 Å². The topological polar surface area (TPSA) is 128 Å². The molecular weight excluding hydrogens is 586 g/mol. The van der Waals surface area contributed by atoms with Crippen LogP contribution in [0.2, 0.25) is 0 Å². The average Bonchev–Trinajstić information content (AvgIpc) is 3.57. The predicted molar refractivity (Wildman–Crippen MR) is 175 cm³/mol. The molecule has 1 spiro atoms. The number of oxazole rings is 1. The van der Waals surface area contributed by atoms with E-state index in [1.807, 2.05) is 19.1 Å². The molecule has 2 aliphatic heterocycles. The fourth-order valence-electron chi connectivity index (χ4n) is 6.58. The Morgan fingerprint density at radius 3 is 2.70 bits per heavy atom. The highest BCUT2D eigenvalue weighted by Gasteiger charge is 2.44. The third-order valence-corrected chi connectivity index (χ3v) is 9.76. The van der Waals surface area contributed by atoms with Gasteiger partial charge in [-0.3, -0.25) is 14.4 Å². The van der Waals surface area contributed by atoms with Crippen LogP contribution in [0.4, 0.5) is 0 Å². The molecule has 1 amide bonds. The maximum absolute atomic E-state index is 13.6. The van der Waals surface area contributed by atoms with Gasteiger partial charge in [0, 0.05) is 70.9 Å². The van der Waals surface area contributed by atoms with Crippen molar-refractivity contribution in [2.45, 2.75) is 89.2 Å². The SMILES string of the molecule is CCC(=O)CCCCC[C@H](NC(=O)C1=NOC2(CCN(CC3CC3)CC2)C1)c1ncc(-c2cc3ccc(=O)n(C)c3cc2OC)o1. The number of likely N-dealkylation sites (tertiary alicyclic amines) is 1. The molecule has 0 unspecified atom stereocenters. The fourth-order valence-corrected chi connectivity index (χ4v) is 6.58. The first-order chi connectivity index (χ1) is 22.3. The number of piperidine rings is 1. The minimum absolute atomic E-state index is 0.107. The molecule has 1 N–H and O–H groups in total. The van der Waals surface area contributed by atoms with Gasteiger partial charge in [0.15, 0.2) is 5.76 Å². The Kier molecular flexibility index (Phi) is 9.58. The molecule has 46 heavy (non-hydrogen) atoms. The molecule has 1 saturated heterocycles. The summed E-state index contributed by atoms with van der Waals surface area (Å²) in [4.78, 5) is 50.6. The second-order valence-electron chi connectivity index (χ2n) is 13.2. The number of aryl methyl sites for hydroxylation is 1. The summed E-state index contributed by atoms with van der Waals surface area (Å²) in [6.07, 6.45) is 10.7. The Bertz CT molecular complexity index is 1660. The summed E-state index contributed by atoms with van der Waals surface area (Å²) in [5.41, 5.74) is 1.33. The number of carbonyl (C=O) groups excluding carboxylic acids is 2. The number of rotatable bonds is 14. The Balaban J connectivity index is 1.16. The molecule has 1 aliphatic carbocycles. The maximum atomic E-state index is 13.6. The number of nitrogens with zero attached hydrogens (tertiary/aromatic N) is 4. The van der Waals surface area contributed by atoms with Crippen LogP contribution in [0.15, 0.2) is 44.8 Å². The highest BCUT2D eigenvalue weighted by molar-refractivity contribution is 6.39. The molecule has 3 aromatic rings. The molecule has 11 nitrogen and oxygen atoms in total. The van der Waals surface area contributed by atoms with Gasteiger partial charge in [0.25, 0.3) is 11.5 Å². The Morgan fingerprint density at radius 2 is 1.96 bits per heavy atom. The largest absolute Gasteiger partial charge is 0.496 e. The van der Waals surface area contributed by atoms with Gasteiger partial charge in [-0.15, -0.1) is 0 Å². The van der Waals surface area contributed by atoms with Crippen LogP contribution in [0, 0.1) is 5.92 Å². The lowest BCUT2D eigenvalue weighted by Crippen LogP contribution is -2.46. The van der Waals surface area contributed by atoms with Gasteiger partial charge in [-0.2, -0.15) is 0 Å². The normalized spacial score (nSPS) is 18.4. The van der Waals surface area contributed by atoms with Crippen molar-refractivity contribution in [3.63, 3.8) is 0 Å². The van der Waals surface area contributed by atoms with Gasteiger partial charge in [0.1, 0.15) is 28.9 Å². The first-order valence-electron chi connectivity index (χ1n) is 16.7. The van der Waals surface area contributed by atoms with Crippen LogP contribution in [0.3, 0.4) is 0 Å². The van der Waals surface area contributed by atoms with Crippen molar-refractivity contribution >= 4 is 28.3 Å². The summed E-state index contributed by atoms with van der Waals surface area (Å²) in [7, 11) is 3.30. The summed E-state index contributed by atoms with van der Waals surface area (Å²) >= 11 is 0. The zero-order valence-electron chi connectivity index (χ0n) is 27.2. The van der Waals surface area contributed by atoms with Crippen LogP contribution in [0.5, 0.6) is 5.75 Å². The number of aromatic nitrogens is 2. The van der Waals surface area contributed by atoms with Crippen LogP contribution in [-0.2, 0) is 21.5 Å². The molecular formula is C35H45N5O6. The number of unbranched alkanes of at least 4 members (excludes halogenated alkanes) is 2. The van der Waals surface area contributed by atoms with Gasteiger partial charge < -0.3 is 28.8 Å². The number of ketones is 1. The molecule has 1 aromatic carbocycles. The molecule has 246 valence electrons. The van der Waals surface area contributed by atoms with Crippen LogP contribution >= 0.6 is 0 Å². The summed E-state index contributed by atoms with van der Waals surface area (Å²) < 4.78 is 13.6. The molecule has 2 fully saturated rings. The molecule has 6 rings (SSSR count). The zero-order chi connectivity index (χ0) is 32.3. The number of benzene rings is 1. The highest BCUT2D eigenvalue weighted by Crippen LogP contribution is 2.38. The Labute approximate surface area is 269 Å². The van der Waals surface area contributed by atoms with Crippen molar-refractivity contribution in [1.82, 2.24) is 19.8 Å². The molecule has 2 aromatic heterocycles. The number of fused-ring (bicyclic) bond motifs is 1. The number of hydrogen-bond acceptors (Lipinski definition) is 9. The summed E-state index contributed by atoms with van der Waals surface area (Å²) in [6.45, 7) is 4.99. The second kappa shape index (κ2) is 13.8. The number of Topliss-reactive ketones (excluding diaryl/α,β-unsaturated/α-hetero) is 1. The lowest BCUT2D eigenvalue weighted by Gasteiger charge is -2.37. The summed E-state index contributed by atoms with van der Waals surface area (Å²) in [5, 5.41) is 8.26. The fraction of sp³-hybridized carbons (Fsp3) is 0.571.